The molecule has 0 bridgehead atoms. The van der Waals surface area contributed by atoms with E-state index in [1.54, 1.807) is 0 Å². The van der Waals surface area contributed by atoms with Crippen molar-refractivity contribution < 1.29 is 19.0 Å². The van der Waals surface area contributed by atoms with E-state index in [4.69, 9.17) is 14.2 Å². The fourth-order valence-corrected chi connectivity index (χ4v) is 2.72. The van der Waals surface area contributed by atoms with Crippen molar-refractivity contribution in [3.63, 3.8) is 0 Å². The van der Waals surface area contributed by atoms with Gasteiger partial charge in [0.1, 0.15) is 5.60 Å². The minimum absolute atomic E-state index is 0.0202. The summed E-state index contributed by atoms with van der Waals surface area (Å²) in [7, 11) is 0. The van der Waals surface area contributed by atoms with Gasteiger partial charge in [0.25, 0.3) is 0 Å². The summed E-state index contributed by atoms with van der Waals surface area (Å²) in [5.74, 6) is 1.30. The Morgan fingerprint density at radius 3 is 2.94 bits per heavy atom. The van der Waals surface area contributed by atoms with Gasteiger partial charge in [0.2, 0.25) is 6.79 Å². The molecule has 0 amide bonds. The maximum atomic E-state index is 11.8. The quantitative estimate of drug-likeness (QED) is 0.755. The lowest BCUT2D eigenvalue weighted by Gasteiger charge is -2.24. The number of esters is 1. The zero-order valence-electron chi connectivity index (χ0n) is 10.6. The highest BCUT2D eigenvalue weighted by Crippen LogP contribution is 2.48. The first-order chi connectivity index (χ1) is 8.64. The van der Waals surface area contributed by atoms with Crippen LogP contribution < -0.4 is 9.47 Å². The van der Waals surface area contributed by atoms with Crippen LogP contribution in [0.4, 0.5) is 0 Å². The summed E-state index contributed by atoms with van der Waals surface area (Å²) in [6.45, 7) is 4.18. The van der Waals surface area contributed by atoms with E-state index in [1.807, 2.05) is 32.0 Å². The molecule has 2 heterocycles. The van der Waals surface area contributed by atoms with E-state index in [9.17, 15) is 4.79 Å². The fourth-order valence-electron chi connectivity index (χ4n) is 2.72. The van der Waals surface area contributed by atoms with Crippen LogP contribution in [0.5, 0.6) is 11.5 Å². The largest absolute Gasteiger partial charge is 0.454 e. The molecule has 2 aliphatic rings. The number of hydrogen-bond acceptors (Lipinski definition) is 4. The van der Waals surface area contributed by atoms with Gasteiger partial charge in [-0.15, -0.1) is 0 Å². The third-order valence-electron chi connectivity index (χ3n) is 3.75. The molecular weight excluding hydrogens is 232 g/mol. The van der Waals surface area contributed by atoms with Gasteiger partial charge in [-0.3, -0.25) is 4.79 Å². The first-order valence-corrected chi connectivity index (χ1v) is 6.26. The first-order valence-electron chi connectivity index (χ1n) is 6.26. The lowest BCUT2D eigenvalue weighted by molar-refractivity contribution is -0.150. The van der Waals surface area contributed by atoms with Crippen molar-refractivity contribution in [2.24, 2.45) is 5.92 Å². The minimum Gasteiger partial charge on any atom is -0.454 e. The molecule has 1 aromatic rings. The van der Waals surface area contributed by atoms with Crippen LogP contribution >= 0.6 is 0 Å². The Morgan fingerprint density at radius 2 is 2.22 bits per heavy atom. The third-order valence-corrected chi connectivity index (χ3v) is 3.75. The van der Waals surface area contributed by atoms with Crippen molar-refractivity contribution in [2.45, 2.75) is 32.3 Å². The van der Waals surface area contributed by atoms with E-state index in [0.717, 1.165) is 17.7 Å². The van der Waals surface area contributed by atoms with E-state index in [2.05, 4.69) is 0 Å². The Kier molecular flexibility index (Phi) is 2.47. The summed E-state index contributed by atoms with van der Waals surface area (Å²) in [5.41, 5.74) is 0.304. The van der Waals surface area contributed by atoms with Gasteiger partial charge in [-0.25, -0.2) is 0 Å². The molecule has 1 aromatic carbocycles. The molecule has 0 N–H and O–H groups in total. The van der Waals surface area contributed by atoms with Crippen molar-refractivity contribution in [1.29, 1.82) is 0 Å². The van der Waals surface area contributed by atoms with Gasteiger partial charge in [-0.1, -0.05) is 19.1 Å². The number of fused-ring (bicyclic) bond motifs is 1. The summed E-state index contributed by atoms with van der Waals surface area (Å²) < 4.78 is 16.4. The Balaban J connectivity index is 2.01. The minimum atomic E-state index is -0.600. The second-order valence-electron chi connectivity index (χ2n) is 5.00. The van der Waals surface area contributed by atoms with Gasteiger partial charge in [0, 0.05) is 12.0 Å². The average molecular weight is 248 g/mol. The Bertz CT molecular complexity index is 497. The number of ether oxygens (including phenoxy) is 3. The standard InChI is InChI=1S/C14H16O4/c1-3-9-7-14(2,18-13(9)15)10-5-4-6-11-12(10)17-8-16-11/h4-6,9H,3,7-8H2,1-2H3/t9-,14-/m0/s1. The maximum absolute atomic E-state index is 11.8. The van der Waals surface area contributed by atoms with Crippen molar-refractivity contribution in [1.82, 2.24) is 0 Å². The van der Waals surface area contributed by atoms with Gasteiger partial charge in [-0.2, -0.15) is 0 Å². The van der Waals surface area contributed by atoms with Crippen LogP contribution in [0, 0.1) is 5.92 Å². The molecule has 0 aliphatic carbocycles. The monoisotopic (exact) mass is 248 g/mol. The van der Waals surface area contributed by atoms with Gasteiger partial charge in [0.05, 0.1) is 5.92 Å². The number of carbonyl (C=O) groups excluding carboxylic acids is 1. The summed E-state index contributed by atoms with van der Waals surface area (Å²) >= 11 is 0. The molecule has 2 aliphatic heterocycles. The smallest absolute Gasteiger partial charge is 0.309 e. The Labute approximate surface area is 106 Å². The van der Waals surface area contributed by atoms with Crippen LogP contribution in [-0.2, 0) is 15.1 Å². The molecule has 2 atom stereocenters. The van der Waals surface area contributed by atoms with Gasteiger partial charge in [0.15, 0.2) is 11.5 Å². The van der Waals surface area contributed by atoms with E-state index < -0.39 is 5.60 Å². The van der Waals surface area contributed by atoms with Gasteiger partial charge < -0.3 is 14.2 Å². The molecule has 0 aromatic heterocycles. The SMILES string of the molecule is CC[C@H]1C[C@@](C)(c2cccc3c2OCO3)OC1=O. The normalized spacial score (nSPS) is 29.4. The summed E-state index contributed by atoms with van der Waals surface area (Å²) in [6.07, 6.45) is 1.50. The molecular formula is C14H16O4. The van der Waals surface area contributed by atoms with Gasteiger partial charge >= 0.3 is 5.97 Å². The average Bonchev–Trinajstić information content (AvgIpc) is 2.93. The lowest BCUT2D eigenvalue weighted by Crippen LogP contribution is -2.21. The highest BCUT2D eigenvalue weighted by atomic mass is 16.7. The van der Waals surface area contributed by atoms with Crippen molar-refractivity contribution in [3.8, 4) is 11.5 Å². The summed E-state index contributed by atoms with van der Waals surface area (Å²) in [4.78, 5) is 11.8. The number of cyclic esters (lactones) is 1. The van der Waals surface area contributed by atoms with Crippen LogP contribution in [-0.4, -0.2) is 12.8 Å². The lowest BCUT2D eigenvalue weighted by atomic mass is 9.87. The molecule has 4 heteroatoms. The van der Waals surface area contributed by atoms with Crippen LogP contribution in [0.25, 0.3) is 0 Å². The highest BCUT2D eigenvalue weighted by Gasteiger charge is 2.46. The molecule has 0 saturated carbocycles. The van der Waals surface area contributed by atoms with E-state index in [-0.39, 0.29) is 18.7 Å². The molecule has 0 unspecified atom stereocenters. The van der Waals surface area contributed by atoms with Crippen LogP contribution in [0.1, 0.15) is 32.3 Å². The zero-order chi connectivity index (χ0) is 12.8. The number of benzene rings is 1. The third kappa shape index (κ3) is 1.55. The highest BCUT2D eigenvalue weighted by molar-refractivity contribution is 5.76. The molecule has 18 heavy (non-hydrogen) atoms. The molecule has 3 rings (SSSR count). The predicted octanol–water partition coefficient (Wildman–Crippen LogP) is 2.60. The second kappa shape index (κ2) is 3.90. The summed E-state index contributed by atoms with van der Waals surface area (Å²) in [5, 5.41) is 0. The maximum Gasteiger partial charge on any atom is 0.309 e. The van der Waals surface area contributed by atoms with E-state index in [1.165, 1.54) is 0 Å². The van der Waals surface area contributed by atoms with E-state index in [0.29, 0.717) is 12.2 Å². The molecule has 96 valence electrons. The van der Waals surface area contributed by atoms with Crippen LogP contribution in [0.3, 0.4) is 0 Å². The van der Waals surface area contributed by atoms with Crippen molar-refractivity contribution >= 4 is 5.97 Å². The van der Waals surface area contributed by atoms with Crippen LogP contribution in [0.15, 0.2) is 18.2 Å². The van der Waals surface area contributed by atoms with Crippen molar-refractivity contribution in [3.05, 3.63) is 23.8 Å². The Hall–Kier alpha value is -1.71. The molecule has 1 saturated heterocycles. The molecule has 4 nitrogen and oxygen atoms in total. The summed E-state index contributed by atoms with van der Waals surface area (Å²) in [6, 6.07) is 5.71. The van der Waals surface area contributed by atoms with E-state index >= 15 is 0 Å². The number of rotatable bonds is 2. The number of hydrogen-bond donors (Lipinski definition) is 0. The second-order valence-corrected chi connectivity index (χ2v) is 5.00. The predicted molar refractivity (Wildman–Crippen MR) is 64.4 cm³/mol. The fraction of sp³-hybridized carbons (Fsp3) is 0.500. The van der Waals surface area contributed by atoms with Crippen LogP contribution in [0.2, 0.25) is 0 Å². The van der Waals surface area contributed by atoms with Gasteiger partial charge in [-0.05, 0) is 19.4 Å². The van der Waals surface area contributed by atoms with Crippen molar-refractivity contribution in [2.75, 3.05) is 6.79 Å². The Morgan fingerprint density at radius 1 is 1.39 bits per heavy atom. The number of carbonyl (C=O) groups is 1. The molecule has 0 radical (unpaired) electrons. The zero-order valence-corrected chi connectivity index (χ0v) is 10.6. The number of para-hydroxylation sites is 1. The molecule has 0 spiro atoms. The first kappa shape index (κ1) is 11.4. The topological polar surface area (TPSA) is 44.8 Å². The molecule has 1 fully saturated rings.